The summed E-state index contributed by atoms with van der Waals surface area (Å²) < 4.78 is 0. The van der Waals surface area contributed by atoms with Crippen LogP contribution in [0.1, 0.15) is 51.5 Å². The first-order valence-electron chi connectivity index (χ1n) is 10.4. The number of amides is 2. The molecule has 0 unspecified atom stereocenters. The molecule has 4 rings (SSSR count). The minimum absolute atomic E-state index is 0.0604. The van der Waals surface area contributed by atoms with Gasteiger partial charge in [-0.2, -0.15) is 0 Å². The lowest BCUT2D eigenvalue weighted by Gasteiger charge is -2.32. The summed E-state index contributed by atoms with van der Waals surface area (Å²) in [5.74, 6) is 0.0993. The Morgan fingerprint density at radius 3 is 2.33 bits per heavy atom. The van der Waals surface area contributed by atoms with E-state index in [0.29, 0.717) is 25.9 Å². The molecule has 3 heterocycles. The number of carbonyl (C=O) groups is 2. The van der Waals surface area contributed by atoms with Gasteiger partial charge in [0.25, 0.3) is 5.91 Å². The van der Waals surface area contributed by atoms with Gasteiger partial charge < -0.3 is 10.2 Å². The number of carbonyl (C=O) groups excluding carboxylic acids is 2. The summed E-state index contributed by atoms with van der Waals surface area (Å²) in [6, 6.07) is 16.2. The van der Waals surface area contributed by atoms with Crippen molar-refractivity contribution < 1.29 is 9.59 Å². The van der Waals surface area contributed by atoms with Crippen molar-refractivity contribution in [2.24, 2.45) is 5.92 Å². The van der Waals surface area contributed by atoms with Gasteiger partial charge in [-0.05, 0) is 53.3 Å². The number of aryl methyl sites for hydroxylation is 1. The van der Waals surface area contributed by atoms with Crippen LogP contribution >= 0.6 is 22.7 Å². The quantitative estimate of drug-likeness (QED) is 0.580. The Morgan fingerprint density at radius 1 is 1.03 bits per heavy atom. The van der Waals surface area contributed by atoms with Gasteiger partial charge in [0.1, 0.15) is 0 Å². The van der Waals surface area contributed by atoms with Gasteiger partial charge in [0.2, 0.25) is 5.91 Å². The average molecular weight is 439 g/mol. The summed E-state index contributed by atoms with van der Waals surface area (Å²) in [6.45, 7) is 3.40. The van der Waals surface area contributed by atoms with E-state index in [2.05, 4.69) is 42.6 Å². The second-order valence-corrected chi connectivity index (χ2v) is 9.52. The third-order valence-electron chi connectivity index (χ3n) is 5.72. The predicted molar refractivity (Wildman–Crippen MR) is 123 cm³/mol. The average Bonchev–Trinajstić information content (AvgIpc) is 3.52. The molecule has 0 aliphatic carbocycles. The minimum Gasteiger partial charge on any atom is -0.344 e. The van der Waals surface area contributed by atoms with Gasteiger partial charge in [0.15, 0.2) is 0 Å². The monoisotopic (exact) mass is 438 g/mol. The fourth-order valence-electron chi connectivity index (χ4n) is 3.88. The second kappa shape index (κ2) is 9.58. The number of nitrogens with one attached hydrogen (secondary N) is 1. The molecule has 0 bridgehead atoms. The van der Waals surface area contributed by atoms with Crippen molar-refractivity contribution in [3.05, 3.63) is 80.2 Å². The van der Waals surface area contributed by atoms with E-state index in [1.54, 1.807) is 11.3 Å². The van der Waals surface area contributed by atoms with E-state index < -0.39 is 0 Å². The first kappa shape index (κ1) is 20.8. The standard InChI is InChI=1S/C24H26N2O2S2/c1-2-17-7-9-18(10-8-17)22(20-5-3-15-29-20)25-23(27)19-11-13-26(14-12-19)24(28)21-6-4-16-30-21/h3-10,15-16,19,22H,2,11-14H2,1H3,(H,25,27)/t22-/m0/s1. The highest BCUT2D eigenvalue weighted by Gasteiger charge is 2.30. The molecular weight excluding hydrogens is 412 g/mol. The van der Waals surface area contributed by atoms with E-state index in [1.807, 2.05) is 33.9 Å². The molecule has 30 heavy (non-hydrogen) atoms. The van der Waals surface area contributed by atoms with E-state index in [1.165, 1.54) is 16.9 Å². The van der Waals surface area contributed by atoms with E-state index in [4.69, 9.17) is 0 Å². The third-order valence-corrected chi connectivity index (χ3v) is 7.52. The highest BCUT2D eigenvalue weighted by atomic mass is 32.1. The van der Waals surface area contributed by atoms with E-state index in [9.17, 15) is 9.59 Å². The van der Waals surface area contributed by atoms with Crippen LogP contribution in [0.3, 0.4) is 0 Å². The second-order valence-electron chi connectivity index (χ2n) is 7.60. The number of thiophene rings is 2. The molecule has 0 radical (unpaired) electrons. The molecule has 1 aliphatic rings. The number of hydrogen-bond acceptors (Lipinski definition) is 4. The van der Waals surface area contributed by atoms with Gasteiger partial charge in [0.05, 0.1) is 10.9 Å². The molecule has 4 nitrogen and oxygen atoms in total. The zero-order valence-corrected chi connectivity index (χ0v) is 18.7. The Hall–Kier alpha value is -2.44. The van der Waals surface area contributed by atoms with Crippen LogP contribution in [0.4, 0.5) is 0 Å². The third kappa shape index (κ3) is 4.65. The first-order chi connectivity index (χ1) is 14.7. The molecule has 1 aliphatic heterocycles. The molecule has 0 saturated carbocycles. The molecule has 6 heteroatoms. The molecule has 1 saturated heterocycles. The Morgan fingerprint density at radius 2 is 1.73 bits per heavy atom. The lowest BCUT2D eigenvalue weighted by Crippen LogP contribution is -2.43. The smallest absolute Gasteiger partial charge is 0.263 e. The van der Waals surface area contributed by atoms with Crippen LogP contribution in [0, 0.1) is 5.92 Å². The lowest BCUT2D eigenvalue weighted by atomic mass is 9.94. The van der Waals surface area contributed by atoms with Crippen LogP contribution in [0.2, 0.25) is 0 Å². The van der Waals surface area contributed by atoms with Gasteiger partial charge in [-0.15, -0.1) is 22.7 Å². The van der Waals surface area contributed by atoms with Crippen molar-refractivity contribution >= 4 is 34.5 Å². The first-order valence-corrected chi connectivity index (χ1v) is 12.2. The van der Waals surface area contributed by atoms with Gasteiger partial charge in [-0.1, -0.05) is 43.3 Å². The maximum atomic E-state index is 13.1. The predicted octanol–water partition coefficient (Wildman–Crippen LogP) is 5.13. The minimum atomic E-state index is -0.130. The van der Waals surface area contributed by atoms with Crippen molar-refractivity contribution in [2.75, 3.05) is 13.1 Å². The van der Waals surface area contributed by atoms with Crippen molar-refractivity contribution in [3.63, 3.8) is 0 Å². The molecule has 1 atom stereocenters. The molecular formula is C24H26N2O2S2. The summed E-state index contributed by atoms with van der Waals surface area (Å²) >= 11 is 3.13. The fourth-order valence-corrected chi connectivity index (χ4v) is 5.37. The Kier molecular flexibility index (Phi) is 6.65. The summed E-state index contributed by atoms with van der Waals surface area (Å²) in [5.41, 5.74) is 2.39. The van der Waals surface area contributed by atoms with Crippen LogP contribution in [-0.2, 0) is 11.2 Å². The van der Waals surface area contributed by atoms with E-state index in [-0.39, 0.29) is 23.8 Å². The van der Waals surface area contributed by atoms with Gasteiger partial charge in [0, 0.05) is 23.9 Å². The molecule has 156 valence electrons. The molecule has 1 N–H and O–H groups in total. The maximum absolute atomic E-state index is 13.1. The molecule has 3 aromatic rings. The highest BCUT2D eigenvalue weighted by molar-refractivity contribution is 7.12. The van der Waals surface area contributed by atoms with E-state index >= 15 is 0 Å². The van der Waals surface area contributed by atoms with Gasteiger partial charge >= 0.3 is 0 Å². The number of piperidine rings is 1. The van der Waals surface area contributed by atoms with E-state index in [0.717, 1.165) is 21.7 Å². The summed E-state index contributed by atoms with van der Waals surface area (Å²) in [5, 5.41) is 7.25. The molecule has 2 aromatic heterocycles. The molecule has 1 aromatic carbocycles. The number of benzene rings is 1. The fraction of sp³-hybridized carbons (Fsp3) is 0.333. The van der Waals surface area contributed by atoms with Crippen molar-refractivity contribution in [2.45, 2.75) is 32.2 Å². The number of hydrogen-bond donors (Lipinski definition) is 1. The molecule has 0 spiro atoms. The number of rotatable bonds is 6. The van der Waals surface area contributed by atoms with Crippen LogP contribution in [0.5, 0.6) is 0 Å². The topological polar surface area (TPSA) is 49.4 Å². The van der Waals surface area contributed by atoms with Crippen molar-refractivity contribution in [1.29, 1.82) is 0 Å². The summed E-state index contributed by atoms with van der Waals surface area (Å²) in [6.07, 6.45) is 2.41. The maximum Gasteiger partial charge on any atom is 0.263 e. The lowest BCUT2D eigenvalue weighted by molar-refractivity contribution is -0.126. The Balaban J connectivity index is 1.41. The van der Waals surface area contributed by atoms with Gasteiger partial charge in [-0.25, -0.2) is 0 Å². The number of likely N-dealkylation sites (tertiary alicyclic amines) is 1. The zero-order chi connectivity index (χ0) is 20.9. The summed E-state index contributed by atoms with van der Waals surface area (Å²) in [4.78, 5) is 29.4. The number of nitrogens with zero attached hydrogens (tertiary/aromatic N) is 1. The zero-order valence-electron chi connectivity index (χ0n) is 17.0. The Labute approximate surface area is 185 Å². The van der Waals surface area contributed by atoms with Crippen LogP contribution in [0.25, 0.3) is 0 Å². The highest BCUT2D eigenvalue weighted by Crippen LogP contribution is 2.28. The SMILES string of the molecule is CCc1ccc([C@H](NC(=O)C2CCN(C(=O)c3cccs3)CC2)c2cccs2)cc1. The summed E-state index contributed by atoms with van der Waals surface area (Å²) in [7, 11) is 0. The van der Waals surface area contributed by atoms with Crippen molar-refractivity contribution in [1.82, 2.24) is 10.2 Å². The van der Waals surface area contributed by atoms with Crippen LogP contribution in [0.15, 0.2) is 59.3 Å². The van der Waals surface area contributed by atoms with Gasteiger partial charge in [-0.3, -0.25) is 9.59 Å². The molecule has 2 amide bonds. The van der Waals surface area contributed by atoms with Crippen LogP contribution in [-0.4, -0.2) is 29.8 Å². The largest absolute Gasteiger partial charge is 0.344 e. The van der Waals surface area contributed by atoms with Crippen molar-refractivity contribution in [3.8, 4) is 0 Å². The normalized spacial score (nSPS) is 15.7. The molecule has 1 fully saturated rings. The Bertz CT molecular complexity index is 957. The van der Waals surface area contributed by atoms with Crippen LogP contribution < -0.4 is 5.32 Å².